The number of nitrogens with one attached hydrogen (secondary N) is 1. The lowest BCUT2D eigenvalue weighted by molar-refractivity contribution is 0.0203. The molecule has 2 atom stereocenters. The number of aryl methyl sites for hydroxylation is 1. The minimum absolute atomic E-state index is 0.0101. The lowest BCUT2D eigenvalue weighted by atomic mass is 10.2. The molecule has 2 rings (SSSR count). The molecule has 0 aromatic carbocycles. The van der Waals surface area contributed by atoms with E-state index in [0.29, 0.717) is 5.56 Å². The van der Waals surface area contributed by atoms with Crippen molar-refractivity contribution >= 4 is 0 Å². The van der Waals surface area contributed by atoms with Crippen LogP contribution in [-0.2, 0) is 4.74 Å². The zero-order chi connectivity index (χ0) is 11.7. The molecule has 1 N–H and O–H groups in total. The Balaban J connectivity index is 2.35. The molecule has 1 aromatic rings. The van der Waals surface area contributed by atoms with Gasteiger partial charge in [-0.05, 0) is 19.8 Å². The first-order valence-corrected chi connectivity index (χ1v) is 5.22. The normalized spacial score (nSPS) is 24.6. The minimum Gasteiger partial charge on any atom is -0.351 e. The van der Waals surface area contributed by atoms with Crippen LogP contribution in [0, 0.1) is 6.92 Å². The maximum Gasteiger partial charge on any atom is 0.330 e. The molecule has 86 valence electrons. The van der Waals surface area contributed by atoms with Gasteiger partial charge in [0.15, 0.2) is 0 Å². The topological polar surface area (TPSA) is 64.1 Å². The molecule has 1 saturated heterocycles. The van der Waals surface area contributed by atoms with Gasteiger partial charge in [0.25, 0.3) is 5.56 Å². The molecular formula is C11H14N2O3. The first kappa shape index (κ1) is 10.9. The standard InChI is InChI=1S/C11H14N2O3/c1-3-8-4-5-9(16-8)13-6-7(2)10(14)12-11(13)15/h3,6,8-9H,1,4-5H2,2H3,(H,12,14,15)/t8-,9-/m1/s1. The Morgan fingerprint density at radius 2 is 2.31 bits per heavy atom. The third kappa shape index (κ3) is 1.86. The van der Waals surface area contributed by atoms with Crippen LogP contribution in [-0.4, -0.2) is 15.7 Å². The van der Waals surface area contributed by atoms with E-state index in [-0.39, 0.29) is 17.9 Å². The van der Waals surface area contributed by atoms with Gasteiger partial charge in [-0.3, -0.25) is 14.3 Å². The van der Waals surface area contributed by atoms with Crippen molar-refractivity contribution in [3.63, 3.8) is 0 Å². The molecule has 16 heavy (non-hydrogen) atoms. The van der Waals surface area contributed by atoms with Gasteiger partial charge in [0, 0.05) is 11.8 Å². The number of aromatic nitrogens is 2. The summed E-state index contributed by atoms with van der Waals surface area (Å²) in [7, 11) is 0. The first-order valence-electron chi connectivity index (χ1n) is 5.22. The van der Waals surface area contributed by atoms with Crippen LogP contribution in [0.3, 0.4) is 0 Å². The quantitative estimate of drug-likeness (QED) is 0.749. The summed E-state index contributed by atoms with van der Waals surface area (Å²) in [5.74, 6) is 0. The van der Waals surface area contributed by atoms with Crippen molar-refractivity contribution in [1.82, 2.24) is 9.55 Å². The highest BCUT2D eigenvalue weighted by atomic mass is 16.5. The molecule has 1 aliphatic rings. The molecule has 1 aliphatic heterocycles. The van der Waals surface area contributed by atoms with Crippen LogP contribution >= 0.6 is 0 Å². The average molecular weight is 222 g/mol. The van der Waals surface area contributed by atoms with Crippen LogP contribution in [0.2, 0.25) is 0 Å². The van der Waals surface area contributed by atoms with Crippen LogP contribution in [0.5, 0.6) is 0 Å². The zero-order valence-corrected chi connectivity index (χ0v) is 9.10. The molecule has 0 bridgehead atoms. The van der Waals surface area contributed by atoms with Gasteiger partial charge in [-0.1, -0.05) is 6.08 Å². The molecule has 0 saturated carbocycles. The molecular weight excluding hydrogens is 208 g/mol. The Morgan fingerprint density at radius 1 is 1.56 bits per heavy atom. The number of hydrogen-bond acceptors (Lipinski definition) is 3. The summed E-state index contributed by atoms with van der Waals surface area (Å²) in [5, 5.41) is 0. The third-order valence-corrected chi connectivity index (χ3v) is 2.75. The number of rotatable bonds is 2. The number of hydrogen-bond donors (Lipinski definition) is 1. The second-order valence-corrected chi connectivity index (χ2v) is 3.92. The lowest BCUT2D eigenvalue weighted by Gasteiger charge is -2.14. The van der Waals surface area contributed by atoms with Crippen molar-refractivity contribution in [1.29, 1.82) is 0 Å². The monoisotopic (exact) mass is 222 g/mol. The summed E-state index contributed by atoms with van der Waals surface area (Å²) in [5.41, 5.74) is -0.268. The largest absolute Gasteiger partial charge is 0.351 e. The van der Waals surface area contributed by atoms with Crippen LogP contribution in [0.4, 0.5) is 0 Å². The number of nitrogens with zero attached hydrogens (tertiary/aromatic N) is 1. The van der Waals surface area contributed by atoms with Crippen LogP contribution in [0.15, 0.2) is 28.4 Å². The zero-order valence-electron chi connectivity index (χ0n) is 9.10. The van der Waals surface area contributed by atoms with Gasteiger partial charge in [-0.2, -0.15) is 0 Å². The summed E-state index contributed by atoms with van der Waals surface area (Å²) in [4.78, 5) is 25.0. The predicted octanol–water partition coefficient (Wildman–Crippen LogP) is 0.709. The van der Waals surface area contributed by atoms with Gasteiger partial charge >= 0.3 is 5.69 Å². The Bertz CT molecular complexity index is 515. The van der Waals surface area contributed by atoms with E-state index in [1.165, 1.54) is 10.8 Å². The van der Waals surface area contributed by atoms with Crippen molar-refractivity contribution in [2.45, 2.75) is 32.1 Å². The van der Waals surface area contributed by atoms with Crippen molar-refractivity contribution < 1.29 is 4.74 Å². The Kier molecular flexibility index (Phi) is 2.78. The van der Waals surface area contributed by atoms with Crippen molar-refractivity contribution in [3.8, 4) is 0 Å². The summed E-state index contributed by atoms with van der Waals surface area (Å²) < 4.78 is 7.03. The Hall–Kier alpha value is -1.62. The van der Waals surface area contributed by atoms with Crippen molar-refractivity contribution in [2.24, 2.45) is 0 Å². The molecule has 1 aromatic heterocycles. The van der Waals surface area contributed by atoms with E-state index >= 15 is 0 Å². The van der Waals surface area contributed by atoms with E-state index in [2.05, 4.69) is 11.6 Å². The van der Waals surface area contributed by atoms with E-state index in [0.717, 1.165) is 12.8 Å². The van der Waals surface area contributed by atoms with E-state index in [4.69, 9.17) is 4.74 Å². The molecule has 5 heteroatoms. The third-order valence-electron chi connectivity index (χ3n) is 2.75. The molecule has 0 aliphatic carbocycles. The highest BCUT2D eigenvalue weighted by Crippen LogP contribution is 2.27. The highest BCUT2D eigenvalue weighted by Gasteiger charge is 2.25. The van der Waals surface area contributed by atoms with Crippen LogP contribution in [0.25, 0.3) is 0 Å². The molecule has 0 unspecified atom stereocenters. The summed E-state index contributed by atoms with van der Waals surface area (Å²) in [6, 6.07) is 0. The van der Waals surface area contributed by atoms with E-state index in [9.17, 15) is 9.59 Å². The van der Waals surface area contributed by atoms with Crippen LogP contribution in [0.1, 0.15) is 24.6 Å². The highest BCUT2D eigenvalue weighted by molar-refractivity contribution is 5.02. The maximum absolute atomic E-state index is 11.6. The van der Waals surface area contributed by atoms with Gasteiger partial charge in [-0.25, -0.2) is 4.79 Å². The predicted molar refractivity (Wildman–Crippen MR) is 59.4 cm³/mol. The van der Waals surface area contributed by atoms with Gasteiger partial charge in [0.2, 0.25) is 0 Å². The molecule has 0 spiro atoms. The van der Waals surface area contributed by atoms with Gasteiger partial charge in [0.05, 0.1) is 6.10 Å². The molecule has 1 fully saturated rings. The smallest absolute Gasteiger partial charge is 0.330 e. The molecule has 0 radical (unpaired) electrons. The van der Waals surface area contributed by atoms with Gasteiger partial charge in [0.1, 0.15) is 6.23 Å². The van der Waals surface area contributed by atoms with Crippen molar-refractivity contribution in [2.75, 3.05) is 0 Å². The minimum atomic E-state index is -0.426. The summed E-state index contributed by atoms with van der Waals surface area (Å²) >= 11 is 0. The first-order chi connectivity index (χ1) is 7.61. The molecule has 0 amide bonds. The second-order valence-electron chi connectivity index (χ2n) is 3.92. The number of aromatic amines is 1. The number of ether oxygens (including phenoxy) is 1. The maximum atomic E-state index is 11.6. The fourth-order valence-electron chi connectivity index (χ4n) is 1.82. The second kappa shape index (κ2) is 4.09. The molecule has 5 nitrogen and oxygen atoms in total. The average Bonchev–Trinajstić information content (AvgIpc) is 2.71. The Labute approximate surface area is 92.4 Å². The van der Waals surface area contributed by atoms with Gasteiger partial charge < -0.3 is 4.74 Å². The fourth-order valence-corrected chi connectivity index (χ4v) is 1.82. The van der Waals surface area contributed by atoms with Gasteiger partial charge in [-0.15, -0.1) is 6.58 Å². The summed E-state index contributed by atoms with van der Waals surface area (Å²) in [6.07, 6.45) is 4.55. The Morgan fingerprint density at radius 3 is 2.94 bits per heavy atom. The molecule has 2 heterocycles. The van der Waals surface area contributed by atoms with Crippen LogP contribution < -0.4 is 11.2 Å². The SMILES string of the molecule is C=C[C@@H]1CC[C@H](n2cc(C)c(=O)[nH]c2=O)O1. The number of H-pyrrole nitrogens is 1. The van der Waals surface area contributed by atoms with E-state index < -0.39 is 5.69 Å². The van der Waals surface area contributed by atoms with Crippen molar-refractivity contribution in [3.05, 3.63) is 45.3 Å². The lowest BCUT2D eigenvalue weighted by Crippen LogP contribution is -2.33. The summed E-state index contributed by atoms with van der Waals surface area (Å²) in [6.45, 7) is 5.32. The van der Waals surface area contributed by atoms with E-state index in [1.54, 1.807) is 13.0 Å². The van der Waals surface area contributed by atoms with E-state index in [1.807, 2.05) is 0 Å². The fraction of sp³-hybridized carbons (Fsp3) is 0.455.